The fourth-order valence-electron chi connectivity index (χ4n) is 1.99. The van der Waals surface area contributed by atoms with E-state index in [-0.39, 0.29) is 0 Å². The Kier molecular flexibility index (Phi) is 7.33. The van der Waals surface area contributed by atoms with Gasteiger partial charge in [0.05, 0.1) is 0 Å². The van der Waals surface area contributed by atoms with Gasteiger partial charge in [0.2, 0.25) is 0 Å². The van der Waals surface area contributed by atoms with Gasteiger partial charge in [-0.1, -0.05) is 23.3 Å². The van der Waals surface area contributed by atoms with Gasteiger partial charge in [0.1, 0.15) is 0 Å². The largest absolute Gasteiger partial charge is 0.444 e. The van der Waals surface area contributed by atoms with E-state index in [2.05, 4.69) is 37.7 Å². The monoisotopic (exact) mass is 304 g/mol. The summed E-state index contributed by atoms with van der Waals surface area (Å²) in [4.78, 5) is 13.7. The maximum atomic E-state index is 11.1. The smallest absolute Gasteiger partial charge is 0.417 e. The minimum Gasteiger partial charge on any atom is -0.444 e. The lowest BCUT2D eigenvalue weighted by Crippen LogP contribution is -2.08. The van der Waals surface area contributed by atoms with E-state index in [1.807, 2.05) is 6.92 Å². The van der Waals surface area contributed by atoms with E-state index in [1.54, 1.807) is 0 Å². The van der Waals surface area contributed by atoms with Crippen molar-refractivity contribution in [2.75, 3.05) is 0 Å². The van der Waals surface area contributed by atoms with Gasteiger partial charge in [0, 0.05) is 0 Å². The molecule has 1 atom stereocenters. The standard InChI is InChI=1S/C17H24N2O3/c1-12(2)7-5-8-13(3)9-6-10-14(4)16-17(22-16)21-15(20)11-19-18/h7,9,11,17H,5-6,8,10H2,1-4H3. The first-order valence-electron chi connectivity index (χ1n) is 7.47. The first-order chi connectivity index (χ1) is 10.4. The molecule has 5 heteroatoms. The summed E-state index contributed by atoms with van der Waals surface area (Å²) >= 11 is 0. The van der Waals surface area contributed by atoms with E-state index in [4.69, 9.17) is 15.0 Å². The second kappa shape index (κ2) is 9.00. The van der Waals surface area contributed by atoms with Crippen LogP contribution in [0.15, 0.2) is 34.6 Å². The molecule has 22 heavy (non-hydrogen) atoms. The predicted molar refractivity (Wildman–Crippen MR) is 85.0 cm³/mol. The van der Waals surface area contributed by atoms with Gasteiger partial charge in [-0.05, 0) is 59.0 Å². The minimum absolute atomic E-state index is 0.617. The molecule has 1 heterocycles. The van der Waals surface area contributed by atoms with Crippen LogP contribution in [0.1, 0.15) is 53.4 Å². The molecule has 1 unspecified atom stereocenters. The summed E-state index contributed by atoms with van der Waals surface area (Å²) in [6, 6.07) is 0. The third-order valence-electron chi connectivity index (χ3n) is 3.30. The number of carbonyl (C=O) groups is 1. The van der Waals surface area contributed by atoms with E-state index in [0.29, 0.717) is 12.0 Å². The zero-order valence-corrected chi connectivity index (χ0v) is 13.8. The highest BCUT2D eigenvalue weighted by atomic mass is 16.8. The highest BCUT2D eigenvalue weighted by Crippen LogP contribution is 2.33. The van der Waals surface area contributed by atoms with Gasteiger partial charge in [0.15, 0.2) is 5.76 Å². The summed E-state index contributed by atoms with van der Waals surface area (Å²) < 4.78 is 10.1. The Bertz CT molecular complexity index is 548. The summed E-state index contributed by atoms with van der Waals surface area (Å²) in [5.41, 5.74) is 12.0. The molecule has 1 fully saturated rings. The van der Waals surface area contributed by atoms with Crippen molar-refractivity contribution in [3.63, 3.8) is 0 Å². The lowest BCUT2D eigenvalue weighted by Gasteiger charge is -2.00. The molecule has 5 nitrogen and oxygen atoms in total. The van der Waals surface area contributed by atoms with Crippen LogP contribution in [0.25, 0.3) is 5.53 Å². The number of allylic oxidation sites excluding steroid dienone is 5. The predicted octanol–water partition coefficient (Wildman–Crippen LogP) is 3.93. The quantitative estimate of drug-likeness (QED) is 0.170. The minimum atomic E-state index is -0.717. The van der Waals surface area contributed by atoms with Gasteiger partial charge in [-0.3, -0.25) is 0 Å². The Hall–Kier alpha value is -2.13. The zero-order valence-electron chi connectivity index (χ0n) is 13.8. The fourth-order valence-corrected chi connectivity index (χ4v) is 1.99. The van der Waals surface area contributed by atoms with Crippen LogP contribution in [0.4, 0.5) is 0 Å². The Morgan fingerprint density at radius 3 is 2.55 bits per heavy atom. The molecule has 1 saturated heterocycles. The maximum Gasteiger partial charge on any atom is 0.417 e. The topological polar surface area (TPSA) is 75.2 Å². The number of hydrogen-bond acceptors (Lipinski definition) is 3. The van der Waals surface area contributed by atoms with Crippen molar-refractivity contribution in [3.05, 3.63) is 40.2 Å². The molecule has 0 aliphatic carbocycles. The summed E-state index contributed by atoms with van der Waals surface area (Å²) in [5.74, 6) is -0.0133. The van der Waals surface area contributed by atoms with Gasteiger partial charge in [-0.15, -0.1) is 0 Å². The highest BCUT2D eigenvalue weighted by molar-refractivity contribution is 6.20. The van der Waals surface area contributed by atoms with E-state index in [0.717, 1.165) is 31.3 Å². The molecule has 0 saturated carbocycles. The van der Waals surface area contributed by atoms with Crippen LogP contribution >= 0.6 is 0 Å². The van der Waals surface area contributed by atoms with Crippen molar-refractivity contribution in [2.24, 2.45) is 0 Å². The van der Waals surface area contributed by atoms with Crippen LogP contribution in [-0.2, 0) is 14.3 Å². The number of nitrogens with zero attached hydrogens (tertiary/aromatic N) is 2. The van der Waals surface area contributed by atoms with Crippen LogP contribution in [0, 0.1) is 0 Å². The van der Waals surface area contributed by atoms with Crippen molar-refractivity contribution in [3.8, 4) is 0 Å². The molecule has 1 aliphatic heterocycles. The van der Waals surface area contributed by atoms with Gasteiger partial charge in [-0.2, -0.15) is 4.79 Å². The normalized spacial score (nSPS) is 18.7. The van der Waals surface area contributed by atoms with E-state index >= 15 is 0 Å². The van der Waals surface area contributed by atoms with E-state index in [1.165, 1.54) is 11.1 Å². The van der Waals surface area contributed by atoms with Crippen molar-refractivity contribution in [2.45, 2.75) is 59.7 Å². The summed E-state index contributed by atoms with van der Waals surface area (Å²) in [7, 11) is 0. The van der Waals surface area contributed by atoms with Crippen LogP contribution in [0.3, 0.4) is 0 Å². The molecule has 0 N–H and O–H groups in total. The Morgan fingerprint density at radius 2 is 1.91 bits per heavy atom. The molecule has 0 aromatic carbocycles. The highest BCUT2D eigenvalue weighted by Gasteiger charge is 2.39. The lowest BCUT2D eigenvalue weighted by atomic mass is 10.1. The Morgan fingerprint density at radius 1 is 1.23 bits per heavy atom. The van der Waals surface area contributed by atoms with Crippen molar-refractivity contribution >= 4 is 12.2 Å². The van der Waals surface area contributed by atoms with Crippen molar-refractivity contribution in [1.29, 1.82) is 0 Å². The third kappa shape index (κ3) is 7.04. The molecule has 1 aliphatic rings. The average Bonchev–Trinajstić information content (AvgIpc) is 3.17. The van der Waals surface area contributed by atoms with Gasteiger partial charge < -0.3 is 15.0 Å². The van der Waals surface area contributed by atoms with Gasteiger partial charge >= 0.3 is 18.5 Å². The molecule has 0 radical (unpaired) electrons. The molecular formula is C17H24N2O3. The van der Waals surface area contributed by atoms with E-state index in [9.17, 15) is 4.79 Å². The lowest BCUT2D eigenvalue weighted by molar-refractivity contribution is -0.143. The molecular weight excluding hydrogens is 280 g/mol. The maximum absolute atomic E-state index is 11.1. The molecule has 0 amide bonds. The Balaban J connectivity index is 2.33. The third-order valence-corrected chi connectivity index (χ3v) is 3.30. The Labute approximate surface area is 131 Å². The van der Waals surface area contributed by atoms with Gasteiger partial charge in [0.25, 0.3) is 0 Å². The molecule has 120 valence electrons. The SMILES string of the molecule is CC(C)=CCCC(C)=CCCC(C)=C1OC1OC(=O)C=[N+]=[N-]. The number of esters is 1. The van der Waals surface area contributed by atoms with Gasteiger partial charge in [-0.25, -0.2) is 4.79 Å². The number of hydrogen-bond donors (Lipinski definition) is 0. The molecule has 0 aromatic rings. The second-order valence-corrected chi connectivity index (χ2v) is 5.69. The molecule has 0 bridgehead atoms. The summed E-state index contributed by atoms with van der Waals surface area (Å²) in [6.45, 7) is 8.34. The first-order valence-corrected chi connectivity index (χ1v) is 7.47. The van der Waals surface area contributed by atoms with Crippen LogP contribution in [-0.4, -0.2) is 23.3 Å². The fraction of sp³-hybridized carbons (Fsp3) is 0.529. The van der Waals surface area contributed by atoms with Crippen LogP contribution < -0.4 is 0 Å². The number of rotatable bonds is 8. The number of ether oxygens (including phenoxy) is 2. The first kappa shape index (κ1) is 17.9. The summed E-state index contributed by atoms with van der Waals surface area (Å²) in [6.07, 6.45) is 8.55. The van der Waals surface area contributed by atoms with Crippen molar-refractivity contribution < 1.29 is 19.1 Å². The molecule has 0 spiro atoms. The average molecular weight is 304 g/mol. The molecule has 0 aromatic heterocycles. The zero-order chi connectivity index (χ0) is 16.5. The number of epoxide rings is 1. The molecule has 1 rings (SSSR count). The summed E-state index contributed by atoms with van der Waals surface area (Å²) in [5, 5.41) is 0. The second-order valence-electron chi connectivity index (χ2n) is 5.69. The van der Waals surface area contributed by atoms with Crippen LogP contribution in [0.5, 0.6) is 0 Å². The van der Waals surface area contributed by atoms with Crippen molar-refractivity contribution in [1.82, 2.24) is 0 Å². The van der Waals surface area contributed by atoms with E-state index < -0.39 is 12.3 Å². The van der Waals surface area contributed by atoms with Crippen LogP contribution in [0.2, 0.25) is 0 Å². The number of carbonyl (C=O) groups excluding carboxylic acids is 1.